The Balaban J connectivity index is 2.34. The first kappa shape index (κ1) is 11.1. The number of hydrogen-bond acceptors (Lipinski definition) is 6. The number of carbonyl (C=O) groups is 1. The second-order valence-corrected chi connectivity index (χ2v) is 3.19. The van der Waals surface area contributed by atoms with Crippen LogP contribution in [0.3, 0.4) is 0 Å². The average Bonchev–Trinajstić information content (AvgIpc) is 2.73. The van der Waals surface area contributed by atoms with E-state index in [0.717, 1.165) is 0 Å². The summed E-state index contributed by atoms with van der Waals surface area (Å²) in [6.45, 7) is 2.02. The standard InChI is InChI=1S/C10H11N5O2/c1-2-17-10(16)8-5-15(14-9(8)11)7-3-12-6-13-4-7/h3-6H,2H2,1H3,(H2,11,14). The molecule has 0 saturated carbocycles. The number of aromatic nitrogens is 4. The van der Waals surface area contributed by atoms with Crippen LogP contribution in [-0.2, 0) is 4.74 Å². The third kappa shape index (κ3) is 2.22. The van der Waals surface area contributed by atoms with E-state index in [1.54, 1.807) is 19.3 Å². The Morgan fingerprint density at radius 1 is 1.47 bits per heavy atom. The van der Waals surface area contributed by atoms with Gasteiger partial charge in [0.2, 0.25) is 0 Å². The molecule has 0 radical (unpaired) electrons. The van der Waals surface area contributed by atoms with Gasteiger partial charge >= 0.3 is 5.97 Å². The van der Waals surface area contributed by atoms with Crippen LogP contribution in [0.1, 0.15) is 17.3 Å². The zero-order valence-corrected chi connectivity index (χ0v) is 9.20. The van der Waals surface area contributed by atoms with E-state index in [1.165, 1.54) is 17.2 Å². The molecule has 2 rings (SSSR count). The van der Waals surface area contributed by atoms with Crippen molar-refractivity contribution in [3.63, 3.8) is 0 Å². The number of carbonyl (C=O) groups excluding carboxylic acids is 1. The molecule has 2 aromatic rings. The highest BCUT2D eigenvalue weighted by molar-refractivity contribution is 5.94. The lowest BCUT2D eigenvalue weighted by molar-refractivity contribution is 0.0527. The molecule has 0 saturated heterocycles. The van der Waals surface area contributed by atoms with E-state index in [1.807, 2.05) is 0 Å². The van der Waals surface area contributed by atoms with Gasteiger partial charge in [-0.1, -0.05) is 0 Å². The number of nitrogen functional groups attached to an aromatic ring is 1. The molecule has 0 atom stereocenters. The molecule has 2 N–H and O–H groups in total. The van der Waals surface area contributed by atoms with E-state index < -0.39 is 5.97 Å². The highest BCUT2D eigenvalue weighted by Gasteiger charge is 2.15. The largest absolute Gasteiger partial charge is 0.462 e. The van der Waals surface area contributed by atoms with Crippen LogP contribution in [0.2, 0.25) is 0 Å². The molecule has 88 valence electrons. The number of rotatable bonds is 3. The highest BCUT2D eigenvalue weighted by Crippen LogP contribution is 2.13. The molecular formula is C10H11N5O2. The van der Waals surface area contributed by atoms with Gasteiger partial charge < -0.3 is 10.5 Å². The summed E-state index contributed by atoms with van der Waals surface area (Å²) in [4.78, 5) is 19.2. The van der Waals surface area contributed by atoms with E-state index in [9.17, 15) is 4.79 Å². The zero-order valence-electron chi connectivity index (χ0n) is 9.20. The molecule has 0 amide bonds. The Kier molecular flexibility index (Phi) is 2.99. The molecule has 7 heteroatoms. The Labute approximate surface area is 97.2 Å². The molecule has 0 aliphatic rings. The van der Waals surface area contributed by atoms with Crippen molar-refractivity contribution in [2.24, 2.45) is 0 Å². The van der Waals surface area contributed by atoms with Crippen LogP contribution in [-0.4, -0.2) is 32.3 Å². The van der Waals surface area contributed by atoms with Gasteiger partial charge in [0.05, 0.1) is 19.0 Å². The van der Waals surface area contributed by atoms with Gasteiger partial charge in [0.1, 0.15) is 17.6 Å². The summed E-state index contributed by atoms with van der Waals surface area (Å²) in [7, 11) is 0. The fourth-order valence-electron chi connectivity index (χ4n) is 1.30. The predicted octanol–water partition coefficient (Wildman–Crippen LogP) is 0.421. The minimum atomic E-state index is -0.493. The van der Waals surface area contributed by atoms with Gasteiger partial charge in [-0.25, -0.2) is 19.4 Å². The van der Waals surface area contributed by atoms with E-state index in [4.69, 9.17) is 10.5 Å². The van der Waals surface area contributed by atoms with E-state index in [0.29, 0.717) is 5.69 Å². The molecule has 0 spiro atoms. The molecule has 0 unspecified atom stereocenters. The number of ether oxygens (including phenoxy) is 1. The second kappa shape index (κ2) is 4.60. The van der Waals surface area contributed by atoms with Crippen LogP contribution in [0.4, 0.5) is 5.82 Å². The topological polar surface area (TPSA) is 95.9 Å². The monoisotopic (exact) mass is 233 g/mol. The summed E-state index contributed by atoms with van der Waals surface area (Å²) >= 11 is 0. The molecule has 0 fully saturated rings. The Bertz CT molecular complexity index is 523. The summed E-state index contributed by atoms with van der Waals surface area (Å²) in [6.07, 6.45) is 6.03. The van der Waals surface area contributed by atoms with Crippen LogP contribution in [0, 0.1) is 0 Å². The van der Waals surface area contributed by atoms with Gasteiger partial charge in [-0.2, -0.15) is 0 Å². The third-order valence-electron chi connectivity index (χ3n) is 2.05. The third-order valence-corrected chi connectivity index (χ3v) is 2.05. The van der Waals surface area contributed by atoms with Crippen LogP contribution in [0.15, 0.2) is 24.9 Å². The molecule has 2 heterocycles. The van der Waals surface area contributed by atoms with Crippen molar-refractivity contribution in [3.8, 4) is 5.69 Å². The predicted molar refractivity (Wildman–Crippen MR) is 59.5 cm³/mol. The van der Waals surface area contributed by atoms with Crippen molar-refractivity contribution in [3.05, 3.63) is 30.5 Å². The summed E-state index contributed by atoms with van der Waals surface area (Å²) in [6, 6.07) is 0. The SMILES string of the molecule is CCOC(=O)c1cn(-c2cncnc2)nc1N. The fourth-order valence-corrected chi connectivity index (χ4v) is 1.30. The van der Waals surface area contributed by atoms with Crippen molar-refractivity contribution in [1.82, 2.24) is 19.7 Å². The van der Waals surface area contributed by atoms with Gasteiger partial charge in [0, 0.05) is 6.20 Å². The van der Waals surface area contributed by atoms with E-state index in [2.05, 4.69) is 15.1 Å². The van der Waals surface area contributed by atoms with Gasteiger partial charge in [-0.3, -0.25) is 0 Å². The lowest BCUT2D eigenvalue weighted by Crippen LogP contribution is -2.05. The average molecular weight is 233 g/mol. The van der Waals surface area contributed by atoms with E-state index >= 15 is 0 Å². The maximum atomic E-state index is 11.5. The fraction of sp³-hybridized carbons (Fsp3) is 0.200. The highest BCUT2D eigenvalue weighted by atomic mass is 16.5. The molecule has 7 nitrogen and oxygen atoms in total. The Hall–Kier alpha value is -2.44. The molecule has 17 heavy (non-hydrogen) atoms. The molecule has 2 aromatic heterocycles. The molecule has 0 aliphatic heterocycles. The lowest BCUT2D eigenvalue weighted by Gasteiger charge is -1.98. The molecular weight excluding hydrogens is 222 g/mol. The van der Waals surface area contributed by atoms with Crippen LogP contribution >= 0.6 is 0 Å². The van der Waals surface area contributed by atoms with Crippen molar-refractivity contribution in [2.45, 2.75) is 6.92 Å². The van der Waals surface area contributed by atoms with Crippen molar-refractivity contribution in [1.29, 1.82) is 0 Å². The first-order chi connectivity index (χ1) is 8.22. The smallest absolute Gasteiger partial charge is 0.343 e. The number of nitrogens with zero attached hydrogens (tertiary/aromatic N) is 4. The second-order valence-electron chi connectivity index (χ2n) is 3.19. The van der Waals surface area contributed by atoms with Crippen molar-refractivity contribution in [2.75, 3.05) is 12.3 Å². The zero-order chi connectivity index (χ0) is 12.3. The maximum Gasteiger partial charge on any atom is 0.343 e. The minimum Gasteiger partial charge on any atom is -0.462 e. The summed E-state index contributed by atoms with van der Waals surface area (Å²) in [5, 5.41) is 4.00. The number of hydrogen-bond donors (Lipinski definition) is 1. The first-order valence-electron chi connectivity index (χ1n) is 5.00. The van der Waals surface area contributed by atoms with Crippen LogP contribution in [0.25, 0.3) is 5.69 Å². The molecule has 0 aliphatic carbocycles. The quantitative estimate of drug-likeness (QED) is 0.772. The van der Waals surface area contributed by atoms with Crippen molar-refractivity contribution < 1.29 is 9.53 Å². The first-order valence-corrected chi connectivity index (χ1v) is 5.00. The minimum absolute atomic E-state index is 0.118. The van der Waals surface area contributed by atoms with Crippen LogP contribution < -0.4 is 5.73 Å². The molecule has 0 aromatic carbocycles. The number of anilines is 1. The Morgan fingerprint density at radius 2 is 2.18 bits per heavy atom. The van der Waals surface area contributed by atoms with E-state index in [-0.39, 0.29) is 18.0 Å². The van der Waals surface area contributed by atoms with Crippen molar-refractivity contribution >= 4 is 11.8 Å². The normalized spacial score (nSPS) is 10.2. The van der Waals surface area contributed by atoms with Gasteiger partial charge in [0.25, 0.3) is 0 Å². The van der Waals surface area contributed by atoms with Gasteiger partial charge in [0.15, 0.2) is 5.82 Å². The number of nitrogens with two attached hydrogens (primary N) is 1. The van der Waals surface area contributed by atoms with Crippen LogP contribution in [0.5, 0.6) is 0 Å². The number of esters is 1. The lowest BCUT2D eigenvalue weighted by atomic mass is 10.3. The summed E-state index contributed by atoms with van der Waals surface area (Å²) in [5.74, 6) is -0.375. The summed E-state index contributed by atoms with van der Waals surface area (Å²) in [5.41, 5.74) is 6.49. The maximum absolute atomic E-state index is 11.5. The van der Waals surface area contributed by atoms with Gasteiger partial charge in [-0.05, 0) is 6.92 Å². The molecule has 0 bridgehead atoms. The summed E-state index contributed by atoms with van der Waals surface area (Å²) < 4.78 is 6.29. The Morgan fingerprint density at radius 3 is 2.82 bits per heavy atom. The van der Waals surface area contributed by atoms with Gasteiger partial charge in [-0.15, -0.1) is 5.10 Å².